The number of aliphatic imine (C=N–C) groups is 1. The van der Waals surface area contributed by atoms with Crippen molar-refractivity contribution in [1.29, 1.82) is 0 Å². The number of nitrogens with one attached hydrogen (secondary N) is 2. The van der Waals surface area contributed by atoms with Crippen LogP contribution in [0.5, 0.6) is 11.5 Å². The number of rotatable bonds is 10. The molecule has 1 heterocycles. The van der Waals surface area contributed by atoms with Gasteiger partial charge in [0.05, 0.1) is 20.8 Å². The summed E-state index contributed by atoms with van der Waals surface area (Å²) < 4.78 is 16.4. The molecule has 0 aliphatic carbocycles. The van der Waals surface area contributed by atoms with Crippen molar-refractivity contribution >= 4 is 11.6 Å². The van der Waals surface area contributed by atoms with Gasteiger partial charge < -0.3 is 29.7 Å². The Morgan fingerprint density at radius 2 is 1.89 bits per heavy atom. The Labute approximate surface area is 169 Å². The van der Waals surface area contributed by atoms with Crippen molar-refractivity contribution in [2.75, 3.05) is 59.0 Å². The summed E-state index contributed by atoms with van der Waals surface area (Å²) in [5.41, 5.74) is 1.11. The van der Waals surface area contributed by atoms with Gasteiger partial charge in [-0.2, -0.15) is 0 Å². The number of guanidine groups is 1. The molecule has 158 valence electrons. The highest BCUT2D eigenvalue weighted by atomic mass is 16.5. The molecule has 0 aromatic heterocycles. The summed E-state index contributed by atoms with van der Waals surface area (Å²) in [5, 5.41) is 6.84. The van der Waals surface area contributed by atoms with Crippen LogP contribution >= 0.6 is 0 Å². The van der Waals surface area contributed by atoms with E-state index in [1.54, 1.807) is 21.3 Å². The Bertz CT molecular complexity index is 599. The zero-order valence-corrected chi connectivity index (χ0v) is 18.0. The second kappa shape index (κ2) is 11.6. The predicted octanol–water partition coefficient (Wildman–Crippen LogP) is 2.51. The summed E-state index contributed by atoms with van der Waals surface area (Å²) in [6.07, 6.45) is 2.14. The Morgan fingerprint density at radius 1 is 1.18 bits per heavy atom. The molecule has 1 atom stereocenters. The minimum atomic E-state index is 0.338. The molecule has 1 unspecified atom stereocenters. The maximum absolute atomic E-state index is 5.65. The van der Waals surface area contributed by atoms with Gasteiger partial charge in [-0.1, -0.05) is 13.8 Å². The number of nitrogens with zero attached hydrogens (tertiary/aromatic N) is 2. The molecule has 1 aliphatic rings. The monoisotopic (exact) mass is 392 g/mol. The van der Waals surface area contributed by atoms with Crippen LogP contribution in [0.4, 0.5) is 5.69 Å². The third kappa shape index (κ3) is 7.11. The lowest BCUT2D eigenvalue weighted by molar-refractivity contribution is 0.128. The number of methoxy groups -OCH3 is 2. The number of hydrogen-bond acceptors (Lipinski definition) is 5. The fourth-order valence-electron chi connectivity index (χ4n) is 3.14. The molecule has 1 aromatic rings. The maximum atomic E-state index is 5.65. The third-order valence-electron chi connectivity index (χ3n) is 4.83. The Kier molecular flexibility index (Phi) is 9.20. The molecule has 1 aromatic carbocycles. The van der Waals surface area contributed by atoms with E-state index in [4.69, 9.17) is 14.2 Å². The van der Waals surface area contributed by atoms with E-state index in [0.29, 0.717) is 18.6 Å². The zero-order chi connectivity index (χ0) is 20.4. The lowest BCUT2D eigenvalue weighted by Crippen LogP contribution is -2.45. The number of anilines is 1. The second-order valence-electron chi connectivity index (χ2n) is 7.44. The van der Waals surface area contributed by atoms with Crippen molar-refractivity contribution < 1.29 is 14.2 Å². The lowest BCUT2D eigenvalue weighted by atomic mass is 10.1. The smallest absolute Gasteiger partial charge is 0.191 e. The molecule has 7 nitrogen and oxygen atoms in total. The lowest BCUT2D eigenvalue weighted by Gasteiger charge is -2.21. The molecule has 1 saturated heterocycles. The van der Waals surface area contributed by atoms with E-state index in [9.17, 15) is 0 Å². The minimum absolute atomic E-state index is 0.338. The van der Waals surface area contributed by atoms with Crippen LogP contribution in [0.25, 0.3) is 0 Å². The van der Waals surface area contributed by atoms with E-state index >= 15 is 0 Å². The Balaban J connectivity index is 1.78. The molecular formula is C21H36N4O3. The summed E-state index contributed by atoms with van der Waals surface area (Å²) in [6.45, 7) is 8.55. The molecule has 28 heavy (non-hydrogen) atoms. The van der Waals surface area contributed by atoms with Crippen LogP contribution in [0.15, 0.2) is 23.2 Å². The van der Waals surface area contributed by atoms with Crippen LogP contribution in [0.3, 0.4) is 0 Å². The van der Waals surface area contributed by atoms with Gasteiger partial charge in [0.15, 0.2) is 5.96 Å². The first kappa shape index (κ1) is 22.1. The molecule has 1 fully saturated rings. The van der Waals surface area contributed by atoms with Crippen LogP contribution in [-0.4, -0.2) is 66.1 Å². The van der Waals surface area contributed by atoms with Crippen molar-refractivity contribution in [1.82, 2.24) is 10.6 Å². The Hall–Kier alpha value is -2.15. The van der Waals surface area contributed by atoms with Crippen LogP contribution in [0.2, 0.25) is 0 Å². The molecule has 0 saturated carbocycles. The molecule has 7 heteroatoms. The molecule has 1 aliphatic heterocycles. The predicted molar refractivity (Wildman–Crippen MR) is 115 cm³/mol. The highest BCUT2D eigenvalue weighted by molar-refractivity contribution is 5.80. The van der Waals surface area contributed by atoms with Gasteiger partial charge in [-0.25, -0.2) is 0 Å². The van der Waals surface area contributed by atoms with E-state index < -0.39 is 0 Å². The average molecular weight is 393 g/mol. The second-order valence-corrected chi connectivity index (χ2v) is 7.44. The van der Waals surface area contributed by atoms with Gasteiger partial charge in [0.2, 0.25) is 0 Å². The highest BCUT2D eigenvalue weighted by Gasteiger charge is 2.24. The van der Waals surface area contributed by atoms with Gasteiger partial charge in [-0.05, 0) is 18.8 Å². The number of ether oxygens (including phenoxy) is 3. The molecule has 0 bridgehead atoms. The van der Waals surface area contributed by atoms with Crippen LogP contribution in [0.1, 0.15) is 26.7 Å². The molecule has 0 spiro atoms. The van der Waals surface area contributed by atoms with Crippen molar-refractivity contribution in [3.8, 4) is 11.5 Å². The number of hydrogen-bond donors (Lipinski definition) is 2. The van der Waals surface area contributed by atoms with Crippen molar-refractivity contribution in [3.05, 3.63) is 18.2 Å². The zero-order valence-electron chi connectivity index (χ0n) is 18.0. The normalized spacial score (nSPS) is 17.1. The van der Waals surface area contributed by atoms with Gasteiger partial charge in [0.25, 0.3) is 0 Å². The highest BCUT2D eigenvalue weighted by Crippen LogP contribution is 2.30. The van der Waals surface area contributed by atoms with E-state index in [2.05, 4.69) is 34.4 Å². The molecule has 0 amide bonds. The largest absolute Gasteiger partial charge is 0.497 e. The third-order valence-corrected chi connectivity index (χ3v) is 4.83. The Morgan fingerprint density at radius 3 is 2.50 bits per heavy atom. The van der Waals surface area contributed by atoms with Gasteiger partial charge in [0, 0.05) is 63.2 Å². The standard InChI is InChI=1S/C21H36N4O3/c1-16(2)7-10-28-11-8-23-21(22-3)24-17-6-9-25(15-17)18-12-19(26-4)14-20(13-18)27-5/h12-14,16-17H,6-11,15H2,1-5H3,(H2,22,23,24). The fraction of sp³-hybridized carbons (Fsp3) is 0.667. The first-order valence-corrected chi connectivity index (χ1v) is 10.1. The summed E-state index contributed by atoms with van der Waals surface area (Å²) in [6, 6.07) is 6.33. The fourth-order valence-corrected chi connectivity index (χ4v) is 3.14. The first-order chi connectivity index (χ1) is 13.5. The van der Waals surface area contributed by atoms with E-state index in [1.807, 2.05) is 18.2 Å². The summed E-state index contributed by atoms with van der Waals surface area (Å²) >= 11 is 0. The summed E-state index contributed by atoms with van der Waals surface area (Å²) in [4.78, 5) is 6.67. The quantitative estimate of drug-likeness (QED) is 0.362. The van der Waals surface area contributed by atoms with Crippen LogP contribution < -0.4 is 25.0 Å². The minimum Gasteiger partial charge on any atom is -0.497 e. The molecule has 2 rings (SSSR count). The maximum Gasteiger partial charge on any atom is 0.191 e. The van der Waals surface area contributed by atoms with Gasteiger partial charge in [-0.3, -0.25) is 4.99 Å². The SMILES string of the molecule is CN=C(NCCOCCC(C)C)NC1CCN(c2cc(OC)cc(OC)c2)C1. The van der Waals surface area contributed by atoms with E-state index in [-0.39, 0.29) is 0 Å². The number of benzene rings is 1. The van der Waals surface area contributed by atoms with E-state index in [0.717, 1.165) is 62.2 Å². The molecular weight excluding hydrogens is 356 g/mol. The van der Waals surface area contributed by atoms with Crippen molar-refractivity contribution in [2.45, 2.75) is 32.7 Å². The average Bonchev–Trinajstić information content (AvgIpc) is 3.17. The molecule has 0 radical (unpaired) electrons. The van der Waals surface area contributed by atoms with Crippen LogP contribution in [0, 0.1) is 5.92 Å². The van der Waals surface area contributed by atoms with E-state index in [1.165, 1.54) is 0 Å². The summed E-state index contributed by atoms with van der Waals surface area (Å²) in [7, 11) is 5.15. The molecule has 2 N–H and O–H groups in total. The topological polar surface area (TPSA) is 67.4 Å². The van der Waals surface area contributed by atoms with Gasteiger partial charge in [0.1, 0.15) is 11.5 Å². The summed E-state index contributed by atoms with van der Waals surface area (Å²) in [5.74, 6) is 3.11. The van der Waals surface area contributed by atoms with Crippen LogP contribution in [-0.2, 0) is 4.74 Å². The van der Waals surface area contributed by atoms with Gasteiger partial charge in [-0.15, -0.1) is 0 Å². The van der Waals surface area contributed by atoms with Crippen molar-refractivity contribution in [2.24, 2.45) is 10.9 Å². The van der Waals surface area contributed by atoms with Gasteiger partial charge >= 0.3 is 0 Å². The first-order valence-electron chi connectivity index (χ1n) is 10.1. The van der Waals surface area contributed by atoms with Crippen molar-refractivity contribution in [3.63, 3.8) is 0 Å².